The molecule has 1 heteroatoms. The molecule has 4 aliphatic carbocycles. The minimum atomic E-state index is 0.221. The first-order valence-electron chi connectivity index (χ1n) is 6.43. The highest BCUT2D eigenvalue weighted by Crippen LogP contribution is 2.61. The summed E-state index contributed by atoms with van der Waals surface area (Å²) in [7, 11) is 0. The van der Waals surface area contributed by atoms with Crippen molar-refractivity contribution in [2.24, 2.45) is 28.9 Å². The molecule has 0 aromatic carbocycles. The zero-order chi connectivity index (χ0) is 9.76. The Labute approximate surface area is 82.5 Å². The largest absolute Gasteiger partial charge is 0.330 e. The Balaban J connectivity index is 1.89. The van der Waals surface area contributed by atoms with Gasteiger partial charge in [0.05, 0.1) is 0 Å². The Morgan fingerprint density at radius 3 is 2.38 bits per heavy atom. The second-order valence-corrected chi connectivity index (χ2v) is 5.68. The van der Waals surface area contributed by atoms with Gasteiger partial charge in [0, 0.05) is 1.37 Å². The summed E-state index contributed by atoms with van der Waals surface area (Å²) in [5.41, 5.74) is 6.08. The average Bonchev–Trinajstić information content (AvgIpc) is 2.13. The highest BCUT2D eigenvalue weighted by molar-refractivity contribution is 5.01. The third-order valence-electron chi connectivity index (χ3n) is 4.56. The van der Waals surface area contributed by atoms with Crippen LogP contribution in [0.25, 0.3) is 0 Å². The molecule has 4 bridgehead atoms. The maximum Gasteiger partial charge on any atom is 0.0275 e. The smallest absolute Gasteiger partial charge is 0.0275 e. The summed E-state index contributed by atoms with van der Waals surface area (Å²) in [6.45, 7) is 0.793. The van der Waals surface area contributed by atoms with Gasteiger partial charge in [0.2, 0.25) is 0 Å². The molecule has 0 saturated heterocycles. The third kappa shape index (κ3) is 1.24. The van der Waals surface area contributed by atoms with E-state index >= 15 is 0 Å². The molecular weight excluding hydrogens is 158 g/mol. The zero-order valence-corrected chi connectivity index (χ0v) is 8.34. The predicted octanol–water partition coefficient (Wildman–Crippen LogP) is 2.55. The van der Waals surface area contributed by atoms with Crippen LogP contribution in [0.5, 0.6) is 0 Å². The average molecular weight is 180 g/mol. The normalized spacial score (nSPS) is 59.6. The zero-order valence-electron chi connectivity index (χ0n) is 9.34. The van der Waals surface area contributed by atoms with Crippen molar-refractivity contribution in [2.75, 3.05) is 6.54 Å². The molecule has 3 atom stereocenters. The van der Waals surface area contributed by atoms with E-state index in [2.05, 4.69) is 0 Å². The second kappa shape index (κ2) is 2.73. The first-order chi connectivity index (χ1) is 6.73. The van der Waals surface area contributed by atoms with Gasteiger partial charge in [-0.2, -0.15) is 0 Å². The lowest BCUT2D eigenvalue weighted by atomic mass is 9.49. The molecular formula is C12H21N. The van der Waals surface area contributed by atoms with Crippen molar-refractivity contribution < 1.29 is 1.37 Å². The summed E-state index contributed by atoms with van der Waals surface area (Å²) < 4.78 is 8.39. The molecule has 4 saturated carbocycles. The third-order valence-corrected chi connectivity index (χ3v) is 4.56. The van der Waals surface area contributed by atoms with Crippen LogP contribution in [0.15, 0.2) is 0 Å². The van der Waals surface area contributed by atoms with Crippen LogP contribution in [0.2, 0.25) is 0 Å². The van der Waals surface area contributed by atoms with Gasteiger partial charge in [0.1, 0.15) is 0 Å². The lowest BCUT2D eigenvalue weighted by Crippen LogP contribution is -2.46. The van der Waals surface area contributed by atoms with E-state index in [9.17, 15) is 0 Å². The molecule has 1 nitrogen and oxygen atoms in total. The van der Waals surface area contributed by atoms with Gasteiger partial charge >= 0.3 is 0 Å². The van der Waals surface area contributed by atoms with Crippen molar-refractivity contribution in [2.45, 2.75) is 44.9 Å². The van der Waals surface area contributed by atoms with Gasteiger partial charge in [-0.1, -0.05) is 0 Å². The Morgan fingerprint density at radius 2 is 1.77 bits per heavy atom. The van der Waals surface area contributed by atoms with E-state index in [1.54, 1.807) is 0 Å². The van der Waals surface area contributed by atoms with Gasteiger partial charge in [0.25, 0.3) is 0 Å². The van der Waals surface area contributed by atoms with E-state index in [4.69, 9.17) is 7.10 Å². The van der Waals surface area contributed by atoms with E-state index in [1.807, 2.05) is 0 Å². The number of hydrogen-bond acceptors (Lipinski definition) is 1. The minimum Gasteiger partial charge on any atom is -0.330 e. The van der Waals surface area contributed by atoms with Gasteiger partial charge in [-0.25, -0.2) is 0 Å². The molecule has 0 amide bonds. The molecule has 4 aliphatic rings. The van der Waals surface area contributed by atoms with E-state index in [1.165, 1.54) is 32.1 Å². The van der Waals surface area contributed by atoms with Crippen LogP contribution in [0.4, 0.5) is 0 Å². The van der Waals surface area contributed by atoms with Gasteiger partial charge in [-0.05, 0) is 74.6 Å². The van der Waals surface area contributed by atoms with Crippen molar-refractivity contribution in [3.63, 3.8) is 0 Å². The maximum atomic E-state index is 8.39. The van der Waals surface area contributed by atoms with Gasteiger partial charge in [-0.15, -0.1) is 0 Å². The molecule has 0 spiro atoms. The van der Waals surface area contributed by atoms with Crippen LogP contribution < -0.4 is 5.73 Å². The van der Waals surface area contributed by atoms with Crippen LogP contribution in [0, 0.1) is 23.2 Å². The summed E-state index contributed by atoms with van der Waals surface area (Å²) in [5.74, 6) is 2.65. The molecule has 4 rings (SSSR count). The molecule has 0 aromatic heterocycles. The van der Waals surface area contributed by atoms with Crippen molar-refractivity contribution in [1.82, 2.24) is 0 Å². The molecule has 0 heterocycles. The monoisotopic (exact) mass is 180 g/mol. The van der Waals surface area contributed by atoms with E-state index < -0.39 is 0 Å². The predicted molar refractivity (Wildman–Crippen MR) is 54.3 cm³/mol. The summed E-state index contributed by atoms with van der Waals surface area (Å²) >= 11 is 0. The minimum absolute atomic E-state index is 0.221. The Bertz CT molecular complexity index is 226. The molecule has 3 unspecified atom stereocenters. The molecule has 0 radical (unpaired) electrons. The molecule has 0 aromatic rings. The quantitative estimate of drug-likeness (QED) is 0.694. The standard InChI is InChI=1S/C12H21N/c13-2-1-12-6-9-3-10(7-12)5-11(4-9)8-12/h9-11H,1-8,13H2/i6D. The molecule has 0 aliphatic heterocycles. The van der Waals surface area contributed by atoms with E-state index in [0.717, 1.165) is 30.7 Å². The summed E-state index contributed by atoms with van der Waals surface area (Å²) in [6, 6.07) is 0. The summed E-state index contributed by atoms with van der Waals surface area (Å²) in [5, 5.41) is 0. The second-order valence-electron chi connectivity index (χ2n) is 5.68. The van der Waals surface area contributed by atoms with Crippen molar-refractivity contribution >= 4 is 0 Å². The van der Waals surface area contributed by atoms with Crippen molar-refractivity contribution in [3.05, 3.63) is 0 Å². The van der Waals surface area contributed by atoms with Crippen LogP contribution >= 0.6 is 0 Å². The van der Waals surface area contributed by atoms with Crippen LogP contribution in [-0.4, -0.2) is 6.54 Å². The first-order valence-corrected chi connectivity index (χ1v) is 5.86. The van der Waals surface area contributed by atoms with Gasteiger partial charge < -0.3 is 5.73 Å². The maximum absolute atomic E-state index is 8.39. The Morgan fingerprint density at radius 1 is 1.15 bits per heavy atom. The van der Waals surface area contributed by atoms with E-state index in [0.29, 0.717) is 5.41 Å². The topological polar surface area (TPSA) is 26.0 Å². The highest BCUT2D eigenvalue weighted by atomic mass is 14.6. The SMILES string of the molecule is [2H]C1C2CC3CC(C2)CC1(CCN)C3. The molecule has 13 heavy (non-hydrogen) atoms. The number of nitrogens with two attached hydrogens (primary N) is 1. The first kappa shape index (κ1) is 7.28. The van der Waals surface area contributed by atoms with Gasteiger partial charge in [0.15, 0.2) is 0 Å². The van der Waals surface area contributed by atoms with Crippen LogP contribution in [-0.2, 0) is 0 Å². The van der Waals surface area contributed by atoms with E-state index in [-0.39, 0.29) is 6.40 Å². The van der Waals surface area contributed by atoms with Crippen molar-refractivity contribution in [3.8, 4) is 0 Å². The molecule has 4 fully saturated rings. The highest BCUT2D eigenvalue weighted by Gasteiger charge is 2.50. The fourth-order valence-electron chi connectivity index (χ4n) is 4.53. The van der Waals surface area contributed by atoms with Crippen LogP contribution in [0.1, 0.15) is 46.3 Å². The van der Waals surface area contributed by atoms with Gasteiger partial charge in [-0.3, -0.25) is 0 Å². The lowest BCUT2D eigenvalue weighted by molar-refractivity contribution is -0.0557. The molecule has 2 N–H and O–H groups in total. The fraction of sp³-hybridized carbons (Fsp3) is 1.00. The van der Waals surface area contributed by atoms with Crippen molar-refractivity contribution in [1.29, 1.82) is 0 Å². The van der Waals surface area contributed by atoms with Crippen LogP contribution in [0.3, 0.4) is 0 Å². The Hall–Kier alpha value is -0.0400. The number of rotatable bonds is 2. The molecule has 74 valence electrons. The summed E-state index contributed by atoms with van der Waals surface area (Å²) in [4.78, 5) is 0. The number of hydrogen-bond donors (Lipinski definition) is 1. The summed E-state index contributed by atoms with van der Waals surface area (Å²) in [6.07, 6.45) is 8.17. The Kier molecular flexibility index (Phi) is 1.53. The fourth-order valence-corrected chi connectivity index (χ4v) is 4.53. The lowest BCUT2D eigenvalue weighted by Gasteiger charge is -2.57.